The molecule has 124 valence electrons. The standard InChI is InChI=1S/C17H13N5O3/c23-16-8-25-15-7-11(5-6-13(15)20-16)17(24)21-12-3-1-2-4-14(12)22-10-18-9-19-22/h1-7,9-10H,8H2,(H,20,23)(H,21,24). The summed E-state index contributed by atoms with van der Waals surface area (Å²) in [5, 5.41) is 9.64. The van der Waals surface area contributed by atoms with Gasteiger partial charge in [0.15, 0.2) is 6.61 Å². The molecule has 0 spiro atoms. The summed E-state index contributed by atoms with van der Waals surface area (Å²) in [6, 6.07) is 12.2. The molecule has 1 aliphatic heterocycles. The molecule has 0 saturated carbocycles. The number of hydrogen-bond acceptors (Lipinski definition) is 5. The average Bonchev–Trinajstić information content (AvgIpc) is 3.16. The molecule has 0 saturated heterocycles. The van der Waals surface area contributed by atoms with Gasteiger partial charge in [-0.25, -0.2) is 9.67 Å². The Morgan fingerprint density at radius 1 is 1.24 bits per heavy atom. The van der Waals surface area contributed by atoms with Crippen LogP contribution >= 0.6 is 0 Å². The molecule has 2 heterocycles. The SMILES string of the molecule is O=C1COc2cc(C(=O)Nc3ccccc3-n3cncn3)ccc2N1. The molecule has 2 aromatic carbocycles. The lowest BCUT2D eigenvalue weighted by molar-refractivity contribution is -0.118. The van der Waals surface area contributed by atoms with E-state index in [1.54, 1.807) is 35.3 Å². The molecule has 8 nitrogen and oxygen atoms in total. The van der Waals surface area contributed by atoms with E-state index in [9.17, 15) is 9.59 Å². The Bertz CT molecular complexity index is 953. The van der Waals surface area contributed by atoms with Gasteiger partial charge < -0.3 is 15.4 Å². The zero-order valence-electron chi connectivity index (χ0n) is 13.0. The first kappa shape index (κ1) is 14.9. The van der Waals surface area contributed by atoms with E-state index in [2.05, 4.69) is 20.7 Å². The van der Waals surface area contributed by atoms with Gasteiger partial charge in [-0.15, -0.1) is 0 Å². The number of carbonyl (C=O) groups is 2. The summed E-state index contributed by atoms with van der Waals surface area (Å²) in [5.41, 5.74) is 2.28. The third kappa shape index (κ3) is 2.92. The van der Waals surface area contributed by atoms with E-state index in [0.29, 0.717) is 28.4 Å². The second-order valence-corrected chi connectivity index (χ2v) is 5.36. The molecule has 0 atom stereocenters. The fourth-order valence-corrected chi connectivity index (χ4v) is 2.52. The Hall–Kier alpha value is -3.68. The molecule has 8 heteroatoms. The predicted molar refractivity (Wildman–Crippen MR) is 89.9 cm³/mol. The maximum absolute atomic E-state index is 12.6. The molecule has 0 unspecified atom stereocenters. The zero-order valence-corrected chi connectivity index (χ0v) is 13.0. The first-order valence-corrected chi connectivity index (χ1v) is 7.53. The van der Waals surface area contributed by atoms with Crippen molar-refractivity contribution >= 4 is 23.2 Å². The smallest absolute Gasteiger partial charge is 0.262 e. The molecular weight excluding hydrogens is 322 g/mol. The highest BCUT2D eigenvalue weighted by Crippen LogP contribution is 2.29. The number of fused-ring (bicyclic) bond motifs is 1. The summed E-state index contributed by atoms with van der Waals surface area (Å²) in [6.07, 6.45) is 2.98. The lowest BCUT2D eigenvalue weighted by atomic mass is 10.1. The Balaban J connectivity index is 1.60. The Morgan fingerprint density at radius 2 is 2.12 bits per heavy atom. The highest BCUT2D eigenvalue weighted by atomic mass is 16.5. The van der Waals surface area contributed by atoms with Crippen LogP contribution < -0.4 is 15.4 Å². The molecule has 0 bridgehead atoms. The van der Waals surface area contributed by atoms with Crippen molar-refractivity contribution in [2.24, 2.45) is 0 Å². The summed E-state index contributed by atoms with van der Waals surface area (Å²) in [6.45, 7) is -0.0623. The molecular formula is C17H13N5O3. The van der Waals surface area contributed by atoms with Gasteiger partial charge >= 0.3 is 0 Å². The van der Waals surface area contributed by atoms with Crippen LogP contribution in [0.5, 0.6) is 5.75 Å². The van der Waals surface area contributed by atoms with Gasteiger partial charge in [-0.3, -0.25) is 9.59 Å². The number of anilines is 2. The fourth-order valence-electron chi connectivity index (χ4n) is 2.52. The van der Waals surface area contributed by atoms with Crippen LogP contribution in [-0.4, -0.2) is 33.2 Å². The fraction of sp³-hybridized carbons (Fsp3) is 0.0588. The van der Waals surface area contributed by atoms with Crippen LogP contribution in [-0.2, 0) is 4.79 Å². The summed E-state index contributed by atoms with van der Waals surface area (Å²) in [5.74, 6) is -0.0425. The lowest BCUT2D eigenvalue weighted by Crippen LogP contribution is -2.25. The maximum atomic E-state index is 12.6. The van der Waals surface area contributed by atoms with Crippen LogP contribution in [0.15, 0.2) is 55.1 Å². The van der Waals surface area contributed by atoms with E-state index in [1.165, 1.54) is 6.33 Å². The van der Waals surface area contributed by atoms with Gasteiger partial charge in [0.25, 0.3) is 11.8 Å². The molecule has 3 aromatic rings. The third-order valence-electron chi connectivity index (χ3n) is 3.69. The number of nitrogens with one attached hydrogen (secondary N) is 2. The van der Waals surface area contributed by atoms with E-state index in [0.717, 1.165) is 0 Å². The molecule has 25 heavy (non-hydrogen) atoms. The largest absolute Gasteiger partial charge is 0.482 e. The van der Waals surface area contributed by atoms with Crippen molar-refractivity contribution in [2.45, 2.75) is 0 Å². The highest BCUT2D eigenvalue weighted by molar-refractivity contribution is 6.06. The van der Waals surface area contributed by atoms with Crippen molar-refractivity contribution in [3.05, 3.63) is 60.7 Å². The first-order valence-electron chi connectivity index (χ1n) is 7.53. The number of nitrogens with zero attached hydrogens (tertiary/aromatic N) is 3. The van der Waals surface area contributed by atoms with E-state index < -0.39 is 0 Å². The summed E-state index contributed by atoms with van der Waals surface area (Å²) >= 11 is 0. The Kier molecular flexibility index (Phi) is 3.62. The van der Waals surface area contributed by atoms with Crippen molar-refractivity contribution in [2.75, 3.05) is 17.2 Å². The summed E-state index contributed by atoms with van der Waals surface area (Å²) in [4.78, 5) is 27.8. The number of rotatable bonds is 3. The molecule has 4 rings (SSSR count). The highest BCUT2D eigenvalue weighted by Gasteiger charge is 2.18. The normalized spacial score (nSPS) is 12.7. The van der Waals surface area contributed by atoms with Crippen molar-refractivity contribution in [1.29, 1.82) is 0 Å². The number of para-hydroxylation sites is 2. The molecule has 2 amide bonds. The van der Waals surface area contributed by atoms with Crippen LogP contribution in [0, 0.1) is 0 Å². The summed E-state index contributed by atoms with van der Waals surface area (Å²) in [7, 11) is 0. The van der Waals surface area contributed by atoms with E-state index >= 15 is 0 Å². The monoisotopic (exact) mass is 335 g/mol. The van der Waals surface area contributed by atoms with Gasteiger partial charge in [0.05, 0.1) is 17.1 Å². The van der Waals surface area contributed by atoms with E-state index in [4.69, 9.17) is 4.74 Å². The molecule has 0 aliphatic carbocycles. The number of amides is 2. The van der Waals surface area contributed by atoms with Gasteiger partial charge in [-0.1, -0.05) is 12.1 Å². The van der Waals surface area contributed by atoms with Crippen LogP contribution in [0.25, 0.3) is 5.69 Å². The number of aromatic nitrogens is 3. The van der Waals surface area contributed by atoms with Crippen molar-refractivity contribution in [3.8, 4) is 11.4 Å². The summed E-state index contributed by atoms with van der Waals surface area (Å²) < 4.78 is 6.92. The number of ether oxygens (including phenoxy) is 1. The first-order chi connectivity index (χ1) is 12.2. The number of benzene rings is 2. The van der Waals surface area contributed by atoms with Crippen LogP contribution in [0.1, 0.15) is 10.4 Å². The molecule has 2 N–H and O–H groups in total. The van der Waals surface area contributed by atoms with Crippen molar-refractivity contribution < 1.29 is 14.3 Å². The van der Waals surface area contributed by atoms with Crippen molar-refractivity contribution in [3.63, 3.8) is 0 Å². The quantitative estimate of drug-likeness (QED) is 0.761. The topological polar surface area (TPSA) is 98.1 Å². The molecule has 1 aliphatic rings. The zero-order chi connectivity index (χ0) is 17.2. The van der Waals surface area contributed by atoms with E-state index in [1.807, 2.05) is 18.2 Å². The number of hydrogen-bond donors (Lipinski definition) is 2. The van der Waals surface area contributed by atoms with E-state index in [-0.39, 0.29) is 18.4 Å². The Labute approximate surface area is 142 Å². The van der Waals surface area contributed by atoms with Crippen LogP contribution in [0.3, 0.4) is 0 Å². The van der Waals surface area contributed by atoms with Gasteiger partial charge in [-0.05, 0) is 30.3 Å². The lowest BCUT2D eigenvalue weighted by Gasteiger charge is -2.18. The minimum Gasteiger partial charge on any atom is -0.482 e. The predicted octanol–water partition coefficient (Wildman–Crippen LogP) is 1.85. The van der Waals surface area contributed by atoms with Crippen LogP contribution in [0.2, 0.25) is 0 Å². The Morgan fingerprint density at radius 3 is 2.96 bits per heavy atom. The van der Waals surface area contributed by atoms with Gasteiger partial charge in [0, 0.05) is 5.56 Å². The van der Waals surface area contributed by atoms with Gasteiger partial charge in [-0.2, -0.15) is 5.10 Å². The third-order valence-corrected chi connectivity index (χ3v) is 3.69. The van der Waals surface area contributed by atoms with Crippen molar-refractivity contribution in [1.82, 2.24) is 14.8 Å². The molecule has 0 fully saturated rings. The van der Waals surface area contributed by atoms with Gasteiger partial charge in [0.2, 0.25) is 0 Å². The maximum Gasteiger partial charge on any atom is 0.262 e. The number of carbonyl (C=O) groups excluding carboxylic acids is 2. The minimum atomic E-state index is -0.295. The molecule has 1 aromatic heterocycles. The average molecular weight is 335 g/mol. The van der Waals surface area contributed by atoms with Crippen LogP contribution in [0.4, 0.5) is 11.4 Å². The second kappa shape index (κ2) is 6.08. The minimum absolute atomic E-state index is 0.0623. The van der Waals surface area contributed by atoms with Gasteiger partial charge in [0.1, 0.15) is 18.4 Å². The second-order valence-electron chi connectivity index (χ2n) is 5.36. The molecule has 0 radical (unpaired) electrons.